The van der Waals surface area contributed by atoms with Gasteiger partial charge in [-0.25, -0.2) is 0 Å². The molecule has 2 N–H and O–H groups in total. The van der Waals surface area contributed by atoms with E-state index >= 15 is 0 Å². The van der Waals surface area contributed by atoms with Gasteiger partial charge in [-0.3, -0.25) is 9.78 Å². The van der Waals surface area contributed by atoms with E-state index in [0.29, 0.717) is 11.6 Å². The highest BCUT2D eigenvalue weighted by molar-refractivity contribution is 5.93. The predicted octanol–water partition coefficient (Wildman–Crippen LogP) is 1.98. The summed E-state index contributed by atoms with van der Waals surface area (Å²) in [6.45, 7) is 9.23. The Morgan fingerprint density at radius 3 is 2.81 bits per heavy atom. The minimum Gasteiger partial charge on any atom is -0.385 e. The molecule has 1 saturated heterocycles. The van der Waals surface area contributed by atoms with Crippen molar-refractivity contribution in [1.82, 2.24) is 15.2 Å². The summed E-state index contributed by atoms with van der Waals surface area (Å²) in [5.74, 6) is 0.515. The molecule has 0 unspecified atom stereocenters. The number of carbonyl (C=O) groups is 1. The number of aromatic nitrogens is 1. The van der Waals surface area contributed by atoms with Crippen LogP contribution < -0.4 is 10.6 Å². The molecule has 1 amide bonds. The molecule has 5 heteroatoms. The van der Waals surface area contributed by atoms with Crippen LogP contribution in [0.5, 0.6) is 0 Å². The summed E-state index contributed by atoms with van der Waals surface area (Å²) >= 11 is 0. The second-order valence-electron chi connectivity index (χ2n) is 5.55. The zero-order valence-electron chi connectivity index (χ0n) is 13.1. The van der Waals surface area contributed by atoms with E-state index < -0.39 is 0 Å². The molecule has 116 valence electrons. The molecule has 0 radical (unpaired) electrons. The molecule has 2 rings (SSSR count). The first-order chi connectivity index (χ1) is 10.2. The molecule has 21 heavy (non-hydrogen) atoms. The zero-order chi connectivity index (χ0) is 15.1. The molecule has 2 heterocycles. The predicted molar refractivity (Wildman–Crippen MR) is 85.6 cm³/mol. The topological polar surface area (TPSA) is 57.3 Å². The smallest absolute Gasteiger partial charge is 0.269 e. The summed E-state index contributed by atoms with van der Waals surface area (Å²) in [6.07, 6.45) is 4.00. The van der Waals surface area contributed by atoms with Crippen molar-refractivity contribution < 1.29 is 4.79 Å². The number of pyridine rings is 1. The highest BCUT2D eigenvalue weighted by atomic mass is 16.1. The van der Waals surface area contributed by atoms with Crippen molar-refractivity contribution in [2.24, 2.45) is 5.92 Å². The summed E-state index contributed by atoms with van der Waals surface area (Å²) < 4.78 is 0. The van der Waals surface area contributed by atoms with Crippen LogP contribution in [0.2, 0.25) is 0 Å². The lowest BCUT2D eigenvalue weighted by Crippen LogP contribution is -2.38. The fourth-order valence-corrected chi connectivity index (χ4v) is 2.70. The first-order valence-electron chi connectivity index (χ1n) is 7.93. The Hall–Kier alpha value is -1.62. The van der Waals surface area contributed by atoms with E-state index in [1.54, 1.807) is 12.3 Å². The van der Waals surface area contributed by atoms with Crippen LogP contribution in [0.15, 0.2) is 18.3 Å². The molecular formula is C16H26N4O. The number of piperidine rings is 1. The van der Waals surface area contributed by atoms with Crippen molar-refractivity contribution in [1.29, 1.82) is 0 Å². The monoisotopic (exact) mass is 290 g/mol. The molecule has 1 aliphatic heterocycles. The maximum Gasteiger partial charge on any atom is 0.269 e. The molecule has 0 saturated carbocycles. The normalized spacial score (nSPS) is 16.7. The quantitative estimate of drug-likeness (QED) is 0.841. The summed E-state index contributed by atoms with van der Waals surface area (Å²) in [7, 11) is 0. The summed E-state index contributed by atoms with van der Waals surface area (Å²) in [5, 5.41) is 6.22. The Balaban J connectivity index is 1.80. The summed E-state index contributed by atoms with van der Waals surface area (Å²) in [5.41, 5.74) is 1.42. The molecule has 1 aliphatic rings. The van der Waals surface area contributed by atoms with Gasteiger partial charge in [-0.2, -0.15) is 0 Å². The fourth-order valence-electron chi connectivity index (χ4n) is 2.70. The molecule has 1 aromatic heterocycles. The first kappa shape index (κ1) is 15.8. The molecule has 0 spiro atoms. The number of nitrogens with one attached hydrogen (secondary N) is 2. The van der Waals surface area contributed by atoms with Crippen molar-refractivity contribution in [2.75, 3.05) is 38.0 Å². The highest BCUT2D eigenvalue weighted by Crippen LogP contribution is 2.16. The molecule has 1 fully saturated rings. The summed E-state index contributed by atoms with van der Waals surface area (Å²) in [4.78, 5) is 18.8. The third-order valence-corrected chi connectivity index (χ3v) is 4.08. The van der Waals surface area contributed by atoms with Gasteiger partial charge in [0.2, 0.25) is 0 Å². The second-order valence-corrected chi connectivity index (χ2v) is 5.55. The van der Waals surface area contributed by atoms with Crippen LogP contribution in [0, 0.1) is 5.92 Å². The van der Waals surface area contributed by atoms with Crippen LogP contribution in [0.3, 0.4) is 0 Å². The van der Waals surface area contributed by atoms with Gasteiger partial charge in [-0.1, -0.05) is 6.92 Å². The molecule has 0 aliphatic carbocycles. The average molecular weight is 290 g/mol. The third-order valence-electron chi connectivity index (χ3n) is 4.08. The largest absolute Gasteiger partial charge is 0.385 e. The molecule has 0 bridgehead atoms. The van der Waals surface area contributed by atoms with E-state index in [-0.39, 0.29) is 5.91 Å². The van der Waals surface area contributed by atoms with E-state index in [1.165, 1.54) is 12.8 Å². The number of carbonyl (C=O) groups excluding carboxylic acids is 1. The Morgan fingerprint density at radius 2 is 2.14 bits per heavy atom. The van der Waals surface area contributed by atoms with Gasteiger partial charge >= 0.3 is 0 Å². The lowest BCUT2D eigenvalue weighted by atomic mass is 9.97. The number of hydrogen-bond acceptors (Lipinski definition) is 4. The van der Waals surface area contributed by atoms with Crippen molar-refractivity contribution in [3.8, 4) is 0 Å². The van der Waals surface area contributed by atoms with Gasteiger partial charge in [0.25, 0.3) is 5.91 Å². The number of anilines is 1. The third kappa shape index (κ3) is 4.70. The van der Waals surface area contributed by atoms with Crippen LogP contribution in [0.25, 0.3) is 0 Å². The first-order valence-corrected chi connectivity index (χ1v) is 7.93. The van der Waals surface area contributed by atoms with E-state index in [0.717, 1.165) is 38.4 Å². The highest BCUT2D eigenvalue weighted by Gasteiger charge is 2.19. The van der Waals surface area contributed by atoms with Gasteiger partial charge in [0.05, 0.1) is 0 Å². The number of nitrogens with zero attached hydrogens (tertiary/aromatic N) is 2. The van der Waals surface area contributed by atoms with Crippen LogP contribution in [0.4, 0.5) is 5.69 Å². The number of rotatable bonds is 6. The SMILES string of the molecule is CCNc1ccnc(C(=O)NCC2CCN(CC)CC2)c1. The zero-order valence-corrected chi connectivity index (χ0v) is 13.1. The summed E-state index contributed by atoms with van der Waals surface area (Å²) in [6, 6.07) is 3.68. The van der Waals surface area contributed by atoms with E-state index in [2.05, 4.69) is 27.4 Å². The Bertz CT molecular complexity index is 455. The Labute approximate surface area is 127 Å². The minimum absolute atomic E-state index is 0.0762. The number of hydrogen-bond donors (Lipinski definition) is 2. The maximum absolute atomic E-state index is 12.2. The number of likely N-dealkylation sites (tertiary alicyclic amines) is 1. The molecule has 5 nitrogen and oxygen atoms in total. The van der Waals surface area contributed by atoms with Crippen molar-refractivity contribution in [3.05, 3.63) is 24.0 Å². The molecule has 0 aromatic carbocycles. The van der Waals surface area contributed by atoms with Gasteiger partial charge in [0, 0.05) is 25.0 Å². The molecule has 1 aromatic rings. The second kappa shape index (κ2) is 7.98. The lowest BCUT2D eigenvalue weighted by molar-refractivity contribution is 0.0932. The van der Waals surface area contributed by atoms with E-state index in [4.69, 9.17) is 0 Å². The molecular weight excluding hydrogens is 264 g/mol. The lowest BCUT2D eigenvalue weighted by Gasteiger charge is -2.30. The van der Waals surface area contributed by atoms with Gasteiger partial charge in [-0.05, 0) is 57.5 Å². The van der Waals surface area contributed by atoms with Gasteiger partial charge in [-0.15, -0.1) is 0 Å². The van der Waals surface area contributed by atoms with Crippen LogP contribution in [0.1, 0.15) is 37.2 Å². The van der Waals surface area contributed by atoms with Gasteiger partial charge in [0.1, 0.15) is 5.69 Å². The van der Waals surface area contributed by atoms with Crippen molar-refractivity contribution >= 4 is 11.6 Å². The average Bonchev–Trinajstić information content (AvgIpc) is 2.53. The standard InChI is InChI=1S/C16H26N4O/c1-3-17-14-5-8-18-15(11-14)16(21)19-12-13-6-9-20(4-2)10-7-13/h5,8,11,13H,3-4,6-7,9-10,12H2,1-2H3,(H,17,18)(H,19,21). The van der Waals surface area contributed by atoms with E-state index in [1.807, 2.05) is 13.0 Å². The van der Waals surface area contributed by atoms with Gasteiger partial charge in [0.15, 0.2) is 0 Å². The van der Waals surface area contributed by atoms with Gasteiger partial charge < -0.3 is 15.5 Å². The van der Waals surface area contributed by atoms with Crippen molar-refractivity contribution in [3.63, 3.8) is 0 Å². The molecule has 0 atom stereocenters. The Kier molecular flexibility index (Phi) is 5.99. The number of amides is 1. The van der Waals surface area contributed by atoms with Crippen molar-refractivity contribution in [2.45, 2.75) is 26.7 Å². The Morgan fingerprint density at radius 1 is 1.38 bits per heavy atom. The fraction of sp³-hybridized carbons (Fsp3) is 0.625. The van der Waals surface area contributed by atoms with Crippen LogP contribution in [-0.2, 0) is 0 Å². The van der Waals surface area contributed by atoms with Crippen LogP contribution >= 0.6 is 0 Å². The minimum atomic E-state index is -0.0762. The van der Waals surface area contributed by atoms with E-state index in [9.17, 15) is 4.79 Å². The maximum atomic E-state index is 12.2. The van der Waals surface area contributed by atoms with Crippen LogP contribution in [-0.4, -0.2) is 48.5 Å².